The van der Waals surface area contributed by atoms with Gasteiger partial charge in [-0.3, -0.25) is 19.8 Å². The molecule has 1 aliphatic rings. The lowest BCUT2D eigenvalue weighted by molar-refractivity contribution is -0.384. The molecule has 0 bridgehead atoms. The highest BCUT2D eigenvalue weighted by atomic mass is 16.6. The third kappa shape index (κ3) is 5.12. The Morgan fingerprint density at radius 2 is 1.97 bits per heavy atom. The Morgan fingerprint density at radius 1 is 1.24 bits per heavy atom. The first kappa shape index (κ1) is 20.8. The van der Waals surface area contributed by atoms with Crippen LogP contribution < -0.4 is 10.1 Å². The van der Waals surface area contributed by atoms with E-state index in [0.29, 0.717) is 30.4 Å². The Hall–Kier alpha value is -2.93. The summed E-state index contributed by atoms with van der Waals surface area (Å²) < 4.78 is 5.21. The molecule has 0 radical (unpaired) electrons. The molecule has 1 saturated heterocycles. The second-order valence-corrected chi connectivity index (χ2v) is 7.55. The summed E-state index contributed by atoms with van der Waals surface area (Å²) in [6, 6.07) is 11.1. The summed E-state index contributed by atoms with van der Waals surface area (Å²) in [5, 5.41) is 13.8. The second kappa shape index (κ2) is 9.05. The number of likely N-dealkylation sites (tertiary alicyclic amines) is 1. The molecular weight excluding hydrogens is 370 g/mol. The molecule has 0 spiro atoms. The highest BCUT2D eigenvalue weighted by molar-refractivity contribution is 5.92. The minimum Gasteiger partial charge on any atom is -0.495 e. The predicted molar refractivity (Wildman–Crippen MR) is 112 cm³/mol. The van der Waals surface area contributed by atoms with Crippen molar-refractivity contribution < 1.29 is 14.5 Å². The molecule has 3 rings (SSSR count). The Kier molecular flexibility index (Phi) is 6.49. The van der Waals surface area contributed by atoms with Gasteiger partial charge >= 0.3 is 0 Å². The Bertz CT molecular complexity index is 893. The Labute approximate surface area is 170 Å². The van der Waals surface area contributed by atoms with E-state index in [2.05, 4.69) is 42.3 Å². The fourth-order valence-corrected chi connectivity index (χ4v) is 4.04. The fraction of sp³-hybridized carbons (Fsp3) is 0.409. The number of hydrogen-bond acceptors (Lipinski definition) is 5. The summed E-state index contributed by atoms with van der Waals surface area (Å²) >= 11 is 0. The third-order valence-corrected chi connectivity index (χ3v) is 5.29. The number of methoxy groups -OCH3 is 1. The molecule has 1 atom stereocenters. The van der Waals surface area contributed by atoms with Crippen molar-refractivity contribution in [1.82, 2.24) is 4.90 Å². The van der Waals surface area contributed by atoms with Crippen LogP contribution in [0.3, 0.4) is 0 Å². The van der Waals surface area contributed by atoms with Crippen LogP contribution in [0, 0.1) is 24.0 Å². The van der Waals surface area contributed by atoms with E-state index in [4.69, 9.17) is 4.74 Å². The summed E-state index contributed by atoms with van der Waals surface area (Å²) in [7, 11) is 1.47. The number of carbonyl (C=O) groups is 1. The minimum absolute atomic E-state index is 0.0875. The van der Waals surface area contributed by atoms with E-state index >= 15 is 0 Å². The fourth-order valence-electron chi connectivity index (χ4n) is 4.04. The molecule has 1 unspecified atom stereocenters. The summed E-state index contributed by atoms with van der Waals surface area (Å²) in [6.45, 7) is 5.82. The van der Waals surface area contributed by atoms with E-state index in [1.165, 1.54) is 42.0 Å². The van der Waals surface area contributed by atoms with Crippen molar-refractivity contribution in [3.05, 3.63) is 63.2 Å². The number of carbonyl (C=O) groups excluding carboxylic acids is 1. The number of ether oxygens (including phenoxy) is 1. The SMILES string of the molecule is COc1ccc([N+](=O)[O-])cc1NC(=O)CCN1CCCC1c1cc(C)cc(C)c1. The van der Waals surface area contributed by atoms with E-state index in [1.54, 1.807) is 0 Å². The first-order valence-corrected chi connectivity index (χ1v) is 9.82. The zero-order chi connectivity index (χ0) is 21.0. The molecule has 7 nitrogen and oxygen atoms in total. The molecule has 29 heavy (non-hydrogen) atoms. The number of amides is 1. The lowest BCUT2D eigenvalue weighted by atomic mass is 9.99. The molecule has 1 heterocycles. The second-order valence-electron chi connectivity index (χ2n) is 7.55. The van der Waals surface area contributed by atoms with Gasteiger partial charge in [0.15, 0.2) is 0 Å². The van der Waals surface area contributed by atoms with Crippen LogP contribution in [-0.2, 0) is 4.79 Å². The number of aryl methyl sites for hydroxylation is 2. The van der Waals surface area contributed by atoms with E-state index in [1.807, 2.05) is 0 Å². The van der Waals surface area contributed by atoms with Gasteiger partial charge in [0.25, 0.3) is 5.69 Å². The van der Waals surface area contributed by atoms with Gasteiger partial charge in [0.05, 0.1) is 17.7 Å². The molecule has 1 aliphatic heterocycles. The molecule has 1 fully saturated rings. The first-order valence-electron chi connectivity index (χ1n) is 9.82. The van der Waals surface area contributed by atoms with E-state index in [9.17, 15) is 14.9 Å². The number of rotatable bonds is 7. The standard InChI is InChI=1S/C22H27N3O4/c1-15-11-16(2)13-17(12-15)20-5-4-9-24(20)10-8-22(26)23-19-14-18(25(27)28)6-7-21(19)29-3/h6-7,11-14,20H,4-5,8-10H2,1-3H3,(H,23,26). The Morgan fingerprint density at radius 3 is 2.62 bits per heavy atom. The average Bonchev–Trinajstić information content (AvgIpc) is 3.14. The summed E-state index contributed by atoms with van der Waals surface area (Å²) in [5.41, 5.74) is 4.04. The zero-order valence-corrected chi connectivity index (χ0v) is 17.1. The maximum Gasteiger partial charge on any atom is 0.271 e. The summed E-state index contributed by atoms with van der Waals surface area (Å²) in [5.74, 6) is 0.216. The number of non-ortho nitro benzene ring substituents is 1. The highest BCUT2D eigenvalue weighted by Gasteiger charge is 2.26. The number of nitrogens with zero attached hydrogens (tertiary/aromatic N) is 2. The van der Waals surface area contributed by atoms with Crippen molar-refractivity contribution in [3.8, 4) is 5.75 Å². The van der Waals surface area contributed by atoms with Crippen LogP contribution in [0.15, 0.2) is 36.4 Å². The van der Waals surface area contributed by atoms with Gasteiger partial charge in [0.2, 0.25) is 5.91 Å². The molecule has 2 aromatic rings. The molecule has 0 aromatic heterocycles. The topological polar surface area (TPSA) is 84.7 Å². The summed E-state index contributed by atoms with van der Waals surface area (Å²) in [6.07, 6.45) is 2.51. The van der Waals surface area contributed by atoms with Gasteiger partial charge in [-0.1, -0.05) is 29.3 Å². The van der Waals surface area contributed by atoms with Gasteiger partial charge in [-0.25, -0.2) is 0 Å². The maximum atomic E-state index is 12.5. The quantitative estimate of drug-likeness (QED) is 0.553. The third-order valence-electron chi connectivity index (χ3n) is 5.29. The Balaban J connectivity index is 1.64. The number of anilines is 1. The normalized spacial score (nSPS) is 16.6. The van der Waals surface area contributed by atoms with Crippen LogP contribution in [-0.4, -0.2) is 35.9 Å². The molecule has 1 amide bonds. The lowest BCUT2D eigenvalue weighted by Crippen LogP contribution is -2.28. The van der Waals surface area contributed by atoms with Gasteiger partial charge in [0, 0.05) is 31.1 Å². The van der Waals surface area contributed by atoms with Crippen molar-refractivity contribution in [3.63, 3.8) is 0 Å². The monoisotopic (exact) mass is 397 g/mol. The molecule has 0 aliphatic carbocycles. The molecule has 0 saturated carbocycles. The number of nitro groups is 1. The van der Waals surface area contributed by atoms with Crippen LogP contribution in [0.4, 0.5) is 11.4 Å². The summed E-state index contributed by atoms with van der Waals surface area (Å²) in [4.78, 5) is 25.4. The number of benzene rings is 2. The van der Waals surface area contributed by atoms with E-state index < -0.39 is 4.92 Å². The van der Waals surface area contributed by atoms with Crippen LogP contribution in [0.2, 0.25) is 0 Å². The van der Waals surface area contributed by atoms with Crippen LogP contribution >= 0.6 is 0 Å². The first-order chi connectivity index (χ1) is 13.9. The minimum atomic E-state index is -0.492. The maximum absolute atomic E-state index is 12.5. The van der Waals surface area contributed by atoms with Crippen LogP contribution in [0.5, 0.6) is 5.75 Å². The van der Waals surface area contributed by atoms with E-state index in [0.717, 1.165) is 19.4 Å². The molecule has 154 valence electrons. The smallest absolute Gasteiger partial charge is 0.271 e. The van der Waals surface area contributed by atoms with Crippen LogP contribution in [0.25, 0.3) is 0 Å². The van der Waals surface area contributed by atoms with E-state index in [-0.39, 0.29) is 11.6 Å². The van der Waals surface area contributed by atoms with Crippen molar-refractivity contribution in [2.75, 3.05) is 25.5 Å². The molecule has 2 aromatic carbocycles. The zero-order valence-electron chi connectivity index (χ0n) is 17.1. The predicted octanol–water partition coefficient (Wildman–Crippen LogP) is 4.39. The largest absolute Gasteiger partial charge is 0.495 e. The van der Waals surface area contributed by atoms with Gasteiger partial charge in [-0.2, -0.15) is 0 Å². The van der Waals surface area contributed by atoms with Crippen molar-refractivity contribution in [1.29, 1.82) is 0 Å². The highest BCUT2D eigenvalue weighted by Crippen LogP contribution is 2.33. The number of hydrogen-bond donors (Lipinski definition) is 1. The van der Waals surface area contributed by atoms with Crippen molar-refractivity contribution >= 4 is 17.3 Å². The van der Waals surface area contributed by atoms with Crippen LogP contribution in [0.1, 0.15) is 42.0 Å². The number of nitrogens with one attached hydrogen (secondary N) is 1. The molecule has 1 N–H and O–H groups in total. The number of nitro benzene ring substituents is 1. The van der Waals surface area contributed by atoms with Gasteiger partial charge in [0.1, 0.15) is 5.75 Å². The van der Waals surface area contributed by atoms with Gasteiger partial charge in [-0.15, -0.1) is 0 Å². The van der Waals surface area contributed by atoms with Gasteiger partial charge in [-0.05, 0) is 44.9 Å². The average molecular weight is 397 g/mol. The lowest BCUT2D eigenvalue weighted by Gasteiger charge is -2.25. The van der Waals surface area contributed by atoms with Crippen molar-refractivity contribution in [2.24, 2.45) is 0 Å². The molecule has 7 heteroatoms. The molecular formula is C22H27N3O4. The van der Waals surface area contributed by atoms with Crippen molar-refractivity contribution in [2.45, 2.75) is 39.2 Å². The van der Waals surface area contributed by atoms with Gasteiger partial charge < -0.3 is 10.1 Å².